The summed E-state index contributed by atoms with van der Waals surface area (Å²) >= 11 is 0. The Bertz CT molecular complexity index is 757. The molecule has 0 aromatic rings. The van der Waals surface area contributed by atoms with Gasteiger partial charge in [0.1, 0.15) is 18.1 Å². The molecule has 0 aliphatic rings. The van der Waals surface area contributed by atoms with Crippen LogP contribution >= 0.6 is 0 Å². The predicted molar refractivity (Wildman–Crippen MR) is 108 cm³/mol. The van der Waals surface area contributed by atoms with Crippen LogP contribution in [-0.2, 0) is 33.6 Å². The van der Waals surface area contributed by atoms with Crippen LogP contribution in [0.5, 0.6) is 0 Å². The second-order valence-corrected chi connectivity index (χ2v) is 6.98. The maximum atomic E-state index is 12.6. The van der Waals surface area contributed by atoms with Crippen LogP contribution in [0.2, 0.25) is 0 Å². The molecule has 0 aliphatic carbocycles. The number of primary amides is 3. The summed E-state index contributed by atoms with van der Waals surface area (Å²) < 4.78 is 0. The first-order chi connectivity index (χ1) is 14.7. The van der Waals surface area contributed by atoms with E-state index in [9.17, 15) is 33.6 Å². The molecule has 4 unspecified atom stereocenters. The summed E-state index contributed by atoms with van der Waals surface area (Å²) in [5.41, 5.74) is 20.8. The maximum Gasteiger partial charge on any atom is 0.325 e. The third-order valence-corrected chi connectivity index (χ3v) is 4.12. The fraction of sp³-hybridized carbons (Fsp3) is 0.588. The van der Waals surface area contributed by atoms with Crippen molar-refractivity contribution in [3.63, 3.8) is 0 Å². The molecular formula is C17H29N7O8. The van der Waals surface area contributed by atoms with Crippen LogP contribution in [0.1, 0.15) is 39.0 Å². The minimum Gasteiger partial charge on any atom is -0.480 e. The lowest BCUT2D eigenvalue weighted by atomic mass is 10.1. The summed E-state index contributed by atoms with van der Waals surface area (Å²) in [7, 11) is 0. The molecule has 0 radical (unpaired) electrons. The molecule has 15 heteroatoms. The molecule has 0 saturated heterocycles. The third kappa shape index (κ3) is 11.4. The molecule has 6 amide bonds. The number of nitrogens with one attached hydrogen (secondary N) is 3. The van der Waals surface area contributed by atoms with E-state index < -0.39 is 72.0 Å². The number of amides is 6. The van der Waals surface area contributed by atoms with Gasteiger partial charge in [-0.3, -0.25) is 33.6 Å². The van der Waals surface area contributed by atoms with Crippen LogP contribution in [0.4, 0.5) is 0 Å². The van der Waals surface area contributed by atoms with E-state index in [-0.39, 0.29) is 25.7 Å². The average molecular weight is 459 g/mol. The highest BCUT2D eigenvalue weighted by molar-refractivity contribution is 5.96. The summed E-state index contributed by atoms with van der Waals surface area (Å²) in [6.07, 6.45) is -1.59. The summed E-state index contributed by atoms with van der Waals surface area (Å²) in [5, 5.41) is 15.5. The van der Waals surface area contributed by atoms with Crippen LogP contribution in [0.15, 0.2) is 0 Å². The van der Waals surface area contributed by atoms with Gasteiger partial charge in [-0.1, -0.05) is 0 Å². The standard InChI is InChI=1S/C17H29N7O8/c1-7(17(31)32)22-15(29)9(3-5-12(20)26)23-16(30)10(6-13(21)27)24-14(28)8(18)2-4-11(19)25/h7-10H,2-6,18H2,1H3,(H2,19,25)(H2,20,26)(H2,21,27)(H,22,29)(H,23,30)(H,24,28)(H,31,32). The quantitative estimate of drug-likeness (QED) is 0.116. The van der Waals surface area contributed by atoms with Gasteiger partial charge in [0, 0.05) is 12.8 Å². The Kier molecular flexibility index (Phi) is 11.9. The van der Waals surface area contributed by atoms with Crippen molar-refractivity contribution in [2.45, 2.75) is 63.2 Å². The molecule has 32 heavy (non-hydrogen) atoms. The van der Waals surface area contributed by atoms with E-state index >= 15 is 0 Å². The normalized spacial score (nSPS) is 14.2. The molecule has 0 rings (SSSR count). The van der Waals surface area contributed by atoms with Gasteiger partial charge in [0.05, 0.1) is 12.5 Å². The highest BCUT2D eigenvalue weighted by atomic mass is 16.4. The van der Waals surface area contributed by atoms with Crippen LogP contribution < -0.4 is 38.9 Å². The fourth-order valence-corrected chi connectivity index (χ4v) is 2.32. The number of hydrogen-bond donors (Lipinski definition) is 8. The zero-order chi connectivity index (χ0) is 25.0. The number of carboxylic acid groups (broad SMARTS) is 1. The van der Waals surface area contributed by atoms with E-state index in [1.807, 2.05) is 0 Å². The van der Waals surface area contributed by atoms with E-state index in [4.69, 9.17) is 28.0 Å². The van der Waals surface area contributed by atoms with Gasteiger partial charge in [-0.15, -0.1) is 0 Å². The maximum absolute atomic E-state index is 12.6. The molecule has 15 nitrogen and oxygen atoms in total. The minimum atomic E-state index is -1.54. The Labute approximate surface area is 183 Å². The third-order valence-electron chi connectivity index (χ3n) is 4.12. The molecule has 0 saturated carbocycles. The summed E-state index contributed by atoms with van der Waals surface area (Å²) in [4.78, 5) is 81.3. The summed E-state index contributed by atoms with van der Waals surface area (Å²) in [6.45, 7) is 1.18. The van der Waals surface area contributed by atoms with Gasteiger partial charge in [0.2, 0.25) is 35.4 Å². The molecular weight excluding hydrogens is 430 g/mol. The van der Waals surface area contributed by atoms with Gasteiger partial charge in [-0.25, -0.2) is 0 Å². The van der Waals surface area contributed by atoms with Crippen molar-refractivity contribution in [3.05, 3.63) is 0 Å². The molecule has 0 aromatic carbocycles. The Hall–Kier alpha value is -3.75. The first-order valence-corrected chi connectivity index (χ1v) is 9.49. The van der Waals surface area contributed by atoms with Crippen molar-refractivity contribution in [2.75, 3.05) is 0 Å². The molecule has 0 aliphatic heterocycles. The van der Waals surface area contributed by atoms with Crippen LogP contribution in [0, 0.1) is 0 Å². The molecule has 180 valence electrons. The van der Waals surface area contributed by atoms with E-state index in [2.05, 4.69) is 16.0 Å². The van der Waals surface area contributed by atoms with Crippen molar-refractivity contribution in [3.8, 4) is 0 Å². The second kappa shape index (κ2) is 13.5. The molecule has 0 aromatic heterocycles. The highest BCUT2D eigenvalue weighted by Crippen LogP contribution is 2.03. The minimum absolute atomic E-state index is 0.122. The largest absolute Gasteiger partial charge is 0.480 e. The molecule has 0 fully saturated rings. The molecule has 0 bridgehead atoms. The Balaban J connectivity index is 5.40. The predicted octanol–water partition coefficient (Wildman–Crippen LogP) is -4.72. The smallest absolute Gasteiger partial charge is 0.325 e. The lowest BCUT2D eigenvalue weighted by molar-refractivity contribution is -0.142. The second-order valence-electron chi connectivity index (χ2n) is 6.98. The zero-order valence-electron chi connectivity index (χ0n) is 17.5. The van der Waals surface area contributed by atoms with Crippen LogP contribution in [0.25, 0.3) is 0 Å². The van der Waals surface area contributed by atoms with E-state index in [0.29, 0.717) is 0 Å². The molecule has 0 spiro atoms. The van der Waals surface area contributed by atoms with Gasteiger partial charge >= 0.3 is 5.97 Å². The average Bonchev–Trinajstić information content (AvgIpc) is 2.67. The van der Waals surface area contributed by atoms with E-state index in [0.717, 1.165) is 0 Å². The first-order valence-electron chi connectivity index (χ1n) is 9.49. The van der Waals surface area contributed by atoms with Gasteiger partial charge in [0.15, 0.2) is 0 Å². The lowest BCUT2D eigenvalue weighted by Gasteiger charge is -2.24. The van der Waals surface area contributed by atoms with Crippen molar-refractivity contribution in [2.24, 2.45) is 22.9 Å². The van der Waals surface area contributed by atoms with Gasteiger partial charge in [-0.2, -0.15) is 0 Å². The zero-order valence-corrected chi connectivity index (χ0v) is 17.5. The number of aliphatic carboxylic acids is 1. The van der Waals surface area contributed by atoms with Gasteiger partial charge in [0.25, 0.3) is 0 Å². The molecule has 0 heterocycles. The van der Waals surface area contributed by atoms with Crippen molar-refractivity contribution < 1.29 is 38.7 Å². The Morgan fingerprint density at radius 2 is 1.19 bits per heavy atom. The lowest BCUT2D eigenvalue weighted by Crippen LogP contribution is -2.57. The van der Waals surface area contributed by atoms with Crippen molar-refractivity contribution >= 4 is 41.4 Å². The van der Waals surface area contributed by atoms with Gasteiger partial charge in [-0.05, 0) is 19.8 Å². The Morgan fingerprint density at radius 3 is 1.66 bits per heavy atom. The van der Waals surface area contributed by atoms with Crippen LogP contribution in [0.3, 0.4) is 0 Å². The SMILES string of the molecule is CC(NC(=O)C(CCC(N)=O)NC(=O)C(CC(N)=O)NC(=O)C(N)CCC(N)=O)C(=O)O. The number of nitrogens with two attached hydrogens (primary N) is 4. The first kappa shape index (κ1) is 28.2. The number of carbonyl (C=O) groups is 7. The molecule has 12 N–H and O–H groups in total. The number of carbonyl (C=O) groups excluding carboxylic acids is 6. The number of hydrogen-bond acceptors (Lipinski definition) is 8. The number of carboxylic acids is 1. The molecule has 4 atom stereocenters. The van der Waals surface area contributed by atoms with Gasteiger partial charge < -0.3 is 44.0 Å². The monoisotopic (exact) mass is 459 g/mol. The summed E-state index contributed by atoms with van der Waals surface area (Å²) in [5.74, 6) is -6.63. The van der Waals surface area contributed by atoms with Crippen LogP contribution in [-0.4, -0.2) is 70.7 Å². The fourth-order valence-electron chi connectivity index (χ4n) is 2.32. The van der Waals surface area contributed by atoms with Crippen molar-refractivity contribution in [1.82, 2.24) is 16.0 Å². The van der Waals surface area contributed by atoms with Crippen molar-refractivity contribution in [1.29, 1.82) is 0 Å². The van der Waals surface area contributed by atoms with E-state index in [1.165, 1.54) is 6.92 Å². The number of rotatable bonds is 15. The summed E-state index contributed by atoms with van der Waals surface area (Å²) in [6, 6.07) is -5.48. The Morgan fingerprint density at radius 1 is 0.719 bits per heavy atom. The van der Waals surface area contributed by atoms with E-state index in [1.54, 1.807) is 0 Å². The highest BCUT2D eigenvalue weighted by Gasteiger charge is 2.30. The topological polar surface area (TPSA) is 280 Å².